The van der Waals surface area contributed by atoms with Crippen molar-refractivity contribution in [3.05, 3.63) is 87.9 Å². The predicted molar refractivity (Wildman–Crippen MR) is 140 cm³/mol. The fourth-order valence-electron chi connectivity index (χ4n) is 6.32. The zero-order chi connectivity index (χ0) is 24.7. The number of halogens is 2. The summed E-state index contributed by atoms with van der Waals surface area (Å²) >= 11 is 13.1. The first-order valence-electron chi connectivity index (χ1n) is 12.1. The SMILES string of the molecule is CC[C@@]12CC[C@@H](c3ccc(-c4ccc(OC)cc4)cc3Cl)[C@H](c3ccc(Cl)cc3)[C@@H]1C(O)NC2=O. The molecule has 1 unspecified atom stereocenters. The summed E-state index contributed by atoms with van der Waals surface area (Å²) in [4.78, 5) is 13.0. The fourth-order valence-corrected chi connectivity index (χ4v) is 6.77. The number of aliphatic hydroxyl groups is 1. The van der Waals surface area contributed by atoms with Gasteiger partial charge in [-0.2, -0.15) is 0 Å². The van der Waals surface area contributed by atoms with E-state index < -0.39 is 11.6 Å². The molecule has 1 aliphatic heterocycles. The summed E-state index contributed by atoms with van der Waals surface area (Å²) in [5.74, 6) is 0.482. The second kappa shape index (κ2) is 9.50. The van der Waals surface area contributed by atoms with Crippen LogP contribution in [0.2, 0.25) is 10.0 Å². The molecule has 0 aromatic heterocycles. The van der Waals surface area contributed by atoms with Crippen LogP contribution < -0.4 is 10.1 Å². The minimum atomic E-state index is -0.900. The second-order valence-corrected chi connectivity index (χ2v) is 10.5. The summed E-state index contributed by atoms with van der Waals surface area (Å²) in [5.41, 5.74) is 3.60. The number of benzene rings is 3. The average Bonchev–Trinajstić information content (AvgIpc) is 3.14. The largest absolute Gasteiger partial charge is 0.497 e. The van der Waals surface area contributed by atoms with Crippen molar-refractivity contribution in [3.8, 4) is 16.9 Å². The molecule has 1 heterocycles. The summed E-state index contributed by atoms with van der Waals surface area (Å²) in [6, 6.07) is 21.9. The van der Waals surface area contributed by atoms with Crippen molar-refractivity contribution in [2.24, 2.45) is 11.3 Å². The lowest BCUT2D eigenvalue weighted by molar-refractivity contribution is -0.131. The van der Waals surface area contributed by atoms with E-state index in [2.05, 4.69) is 17.4 Å². The summed E-state index contributed by atoms with van der Waals surface area (Å²) < 4.78 is 5.27. The van der Waals surface area contributed by atoms with Crippen LogP contribution in [-0.2, 0) is 4.79 Å². The van der Waals surface area contributed by atoms with Crippen LogP contribution in [0.1, 0.15) is 49.1 Å². The zero-order valence-electron chi connectivity index (χ0n) is 19.8. The summed E-state index contributed by atoms with van der Waals surface area (Å²) in [7, 11) is 1.65. The van der Waals surface area contributed by atoms with E-state index in [-0.39, 0.29) is 23.7 Å². The van der Waals surface area contributed by atoms with E-state index in [0.29, 0.717) is 22.9 Å². The van der Waals surface area contributed by atoms with Crippen LogP contribution in [0.15, 0.2) is 66.7 Å². The Morgan fingerprint density at radius 1 is 1.03 bits per heavy atom. The Labute approximate surface area is 216 Å². The first-order valence-corrected chi connectivity index (χ1v) is 12.8. The highest BCUT2D eigenvalue weighted by Crippen LogP contribution is 2.60. The molecule has 2 aliphatic rings. The zero-order valence-corrected chi connectivity index (χ0v) is 21.3. The Morgan fingerprint density at radius 2 is 1.71 bits per heavy atom. The van der Waals surface area contributed by atoms with Crippen LogP contribution in [0.3, 0.4) is 0 Å². The van der Waals surface area contributed by atoms with Gasteiger partial charge in [-0.25, -0.2) is 0 Å². The number of nitrogens with one attached hydrogen (secondary N) is 1. The van der Waals surface area contributed by atoms with Gasteiger partial charge in [0, 0.05) is 16.0 Å². The number of aliphatic hydroxyl groups excluding tert-OH is 1. The molecule has 2 fully saturated rings. The van der Waals surface area contributed by atoms with Crippen molar-refractivity contribution in [1.29, 1.82) is 0 Å². The Kier molecular flexibility index (Phi) is 6.56. The van der Waals surface area contributed by atoms with E-state index in [9.17, 15) is 9.90 Å². The highest BCUT2D eigenvalue weighted by molar-refractivity contribution is 6.31. The van der Waals surface area contributed by atoms with Gasteiger partial charge in [0.25, 0.3) is 0 Å². The van der Waals surface area contributed by atoms with Crippen LogP contribution in [0.4, 0.5) is 0 Å². The summed E-state index contributed by atoms with van der Waals surface area (Å²) in [6.45, 7) is 2.04. The summed E-state index contributed by atoms with van der Waals surface area (Å²) in [5, 5.41) is 15.2. The molecular formula is C29H29Cl2NO3. The molecule has 6 heteroatoms. The number of rotatable bonds is 5. The van der Waals surface area contributed by atoms with Crippen LogP contribution in [-0.4, -0.2) is 24.4 Å². The molecule has 0 bridgehead atoms. The maximum absolute atomic E-state index is 13.0. The Bertz CT molecular complexity index is 1230. The molecule has 3 aromatic carbocycles. The van der Waals surface area contributed by atoms with Crippen LogP contribution in [0.5, 0.6) is 5.75 Å². The molecule has 2 N–H and O–H groups in total. The van der Waals surface area contributed by atoms with Gasteiger partial charge in [0.15, 0.2) is 0 Å². The number of fused-ring (bicyclic) bond motifs is 1. The van der Waals surface area contributed by atoms with Gasteiger partial charge in [-0.3, -0.25) is 4.79 Å². The third kappa shape index (κ3) is 4.12. The van der Waals surface area contributed by atoms with E-state index in [0.717, 1.165) is 34.4 Å². The molecule has 0 spiro atoms. The molecule has 5 atom stereocenters. The standard InChI is InChI=1S/C29H29Cl2NO3/c1-3-29-15-14-23(22-13-8-19(16-24(22)31)17-6-11-21(35-2)12-7-17)25(18-4-9-20(30)10-5-18)26(29)27(33)32-28(29)34/h4-13,16,23,25-27,33H,3,14-15H2,1-2H3,(H,32,34)/t23-,25-,26+,27?,29+/m0/s1. The lowest BCUT2D eigenvalue weighted by Crippen LogP contribution is -2.44. The van der Waals surface area contributed by atoms with Gasteiger partial charge < -0.3 is 15.2 Å². The van der Waals surface area contributed by atoms with Gasteiger partial charge in [0.1, 0.15) is 12.0 Å². The third-order valence-electron chi connectivity index (χ3n) is 8.14. The van der Waals surface area contributed by atoms with Crippen molar-refractivity contribution in [3.63, 3.8) is 0 Å². The van der Waals surface area contributed by atoms with Crippen molar-refractivity contribution < 1.29 is 14.6 Å². The molecule has 3 aromatic rings. The minimum absolute atomic E-state index is 0.0455. The lowest BCUT2D eigenvalue weighted by Gasteiger charge is -2.47. The van der Waals surface area contributed by atoms with Crippen LogP contribution in [0.25, 0.3) is 11.1 Å². The molecule has 0 radical (unpaired) electrons. The maximum atomic E-state index is 13.0. The van der Waals surface area contributed by atoms with Gasteiger partial charge in [0.05, 0.1) is 12.5 Å². The van der Waals surface area contributed by atoms with Crippen molar-refractivity contribution in [2.75, 3.05) is 7.11 Å². The number of ether oxygens (including phenoxy) is 1. The third-order valence-corrected chi connectivity index (χ3v) is 8.72. The smallest absolute Gasteiger partial charge is 0.228 e. The molecular weight excluding hydrogens is 481 g/mol. The first-order chi connectivity index (χ1) is 16.9. The number of methoxy groups -OCH3 is 1. The fraction of sp³-hybridized carbons (Fsp3) is 0.345. The van der Waals surface area contributed by atoms with Gasteiger partial charge in [-0.15, -0.1) is 0 Å². The topological polar surface area (TPSA) is 58.6 Å². The van der Waals surface area contributed by atoms with Crippen LogP contribution >= 0.6 is 23.2 Å². The number of hydrogen-bond acceptors (Lipinski definition) is 3. The quantitative estimate of drug-likeness (QED) is 0.397. The van der Waals surface area contributed by atoms with E-state index in [4.69, 9.17) is 27.9 Å². The highest BCUT2D eigenvalue weighted by Gasteiger charge is 2.60. The van der Waals surface area contributed by atoms with Gasteiger partial charge >= 0.3 is 0 Å². The van der Waals surface area contributed by atoms with Crippen molar-refractivity contribution in [2.45, 2.75) is 44.2 Å². The molecule has 1 saturated heterocycles. The summed E-state index contributed by atoms with van der Waals surface area (Å²) in [6.07, 6.45) is 1.30. The monoisotopic (exact) mass is 509 g/mol. The molecule has 5 rings (SSSR count). The van der Waals surface area contributed by atoms with E-state index >= 15 is 0 Å². The Balaban J connectivity index is 1.57. The van der Waals surface area contributed by atoms with E-state index in [1.807, 2.05) is 61.5 Å². The number of carbonyl (C=O) groups excluding carboxylic acids is 1. The number of carbonyl (C=O) groups is 1. The lowest BCUT2D eigenvalue weighted by atomic mass is 9.55. The second-order valence-electron chi connectivity index (χ2n) is 9.64. The van der Waals surface area contributed by atoms with E-state index in [1.54, 1.807) is 7.11 Å². The Morgan fingerprint density at radius 3 is 2.34 bits per heavy atom. The molecule has 1 amide bonds. The Hall–Kier alpha value is -2.53. The van der Waals surface area contributed by atoms with Crippen LogP contribution in [0, 0.1) is 11.3 Å². The number of amides is 1. The van der Waals surface area contributed by atoms with Gasteiger partial charge in [-0.05, 0) is 83.7 Å². The predicted octanol–water partition coefficient (Wildman–Crippen LogP) is 6.79. The normalized spacial score (nSPS) is 27.9. The van der Waals surface area contributed by atoms with Crippen molar-refractivity contribution in [1.82, 2.24) is 5.32 Å². The molecule has 1 aliphatic carbocycles. The average molecular weight is 510 g/mol. The molecule has 182 valence electrons. The van der Waals surface area contributed by atoms with Gasteiger partial charge in [0.2, 0.25) is 5.91 Å². The first kappa shape index (κ1) is 24.2. The van der Waals surface area contributed by atoms with E-state index in [1.165, 1.54) is 0 Å². The molecule has 4 nitrogen and oxygen atoms in total. The number of hydrogen-bond donors (Lipinski definition) is 2. The highest BCUT2D eigenvalue weighted by atomic mass is 35.5. The minimum Gasteiger partial charge on any atom is -0.497 e. The molecule has 35 heavy (non-hydrogen) atoms. The molecule has 1 saturated carbocycles. The maximum Gasteiger partial charge on any atom is 0.228 e. The van der Waals surface area contributed by atoms with Crippen molar-refractivity contribution >= 4 is 29.1 Å². The van der Waals surface area contributed by atoms with Gasteiger partial charge in [-0.1, -0.05) is 66.5 Å².